The van der Waals surface area contributed by atoms with Crippen molar-refractivity contribution in [2.24, 2.45) is 0 Å². The van der Waals surface area contributed by atoms with Gasteiger partial charge in [0.25, 0.3) is 11.8 Å². The summed E-state index contributed by atoms with van der Waals surface area (Å²) in [6.45, 7) is 5.17. The lowest BCUT2D eigenvalue weighted by Crippen LogP contribution is -2.27. The predicted molar refractivity (Wildman–Crippen MR) is 77.6 cm³/mol. The van der Waals surface area contributed by atoms with Crippen molar-refractivity contribution in [3.63, 3.8) is 0 Å². The van der Waals surface area contributed by atoms with Gasteiger partial charge in [-0.1, -0.05) is 17.3 Å². The third-order valence-electron chi connectivity index (χ3n) is 3.36. The van der Waals surface area contributed by atoms with Crippen LogP contribution in [-0.2, 0) is 0 Å². The fraction of sp³-hybridized carbons (Fsp3) is 0.267. The van der Waals surface area contributed by atoms with Crippen molar-refractivity contribution in [2.45, 2.75) is 26.8 Å². The van der Waals surface area contributed by atoms with Crippen molar-refractivity contribution in [1.82, 2.24) is 16.0 Å². The van der Waals surface area contributed by atoms with Crippen LogP contribution in [0, 0.1) is 13.8 Å². The lowest BCUT2D eigenvalue weighted by atomic mass is 10.0. The van der Waals surface area contributed by atoms with Crippen LogP contribution in [0.25, 0.3) is 0 Å². The Labute approximate surface area is 127 Å². The van der Waals surface area contributed by atoms with Gasteiger partial charge in [0.1, 0.15) is 11.3 Å². The minimum absolute atomic E-state index is 0.291. The zero-order valence-electron chi connectivity index (χ0n) is 12.5. The summed E-state index contributed by atoms with van der Waals surface area (Å²) in [6.07, 6.45) is 0. The lowest BCUT2D eigenvalue weighted by molar-refractivity contribution is 0.0706. The van der Waals surface area contributed by atoms with E-state index in [-0.39, 0.29) is 11.9 Å². The van der Waals surface area contributed by atoms with Gasteiger partial charge in [-0.2, -0.15) is 0 Å². The number of hydrogen-bond acceptors (Lipinski definition) is 5. The maximum absolute atomic E-state index is 12.3. The molecule has 116 valence electrons. The van der Waals surface area contributed by atoms with Gasteiger partial charge in [0.2, 0.25) is 0 Å². The normalized spacial score (nSPS) is 11.8. The maximum atomic E-state index is 12.3. The highest BCUT2D eigenvalue weighted by Gasteiger charge is 2.20. The molecule has 0 saturated heterocycles. The molecule has 0 aliphatic rings. The third kappa shape index (κ3) is 3.15. The summed E-state index contributed by atoms with van der Waals surface area (Å²) in [5, 5.41) is 15.2. The smallest absolute Gasteiger partial charge is 0.274 e. The van der Waals surface area contributed by atoms with Crippen molar-refractivity contribution >= 4 is 11.8 Å². The molecule has 2 rings (SSSR count). The van der Waals surface area contributed by atoms with Crippen LogP contribution in [0.15, 0.2) is 28.8 Å². The van der Waals surface area contributed by atoms with Crippen molar-refractivity contribution in [1.29, 1.82) is 0 Å². The zero-order valence-corrected chi connectivity index (χ0v) is 12.5. The predicted octanol–water partition coefficient (Wildman–Crippen LogP) is 1.90. The minimum Gasteiger partial charge on any atom is -0.361 e. The summed E-state index contributed by atoms with van der Waals surface area (Å²) in [7, 11) is 0. The molecule has 3 N–H and O–H groups in total. The molecule has 7 heteroatoms. The van der Waals surface area contributed by atoms with Crippen LogP contribution in [-0.4, -0.2) is 22.2 Å². The van der Waals surface area contributed by atoms with E-state index in [9.17, 15) is 9.59 Å². The van der Waals surface area contributed by atoms with Crippen LogP contribution < -0.4 is 10.8 Å². The molecule has 1 heterocycles. The zero-order chi connectivity index (χ0) is 16.3. The molecule has 7 nitrogen and oxygen atoms in total. The van der Waals surface area contributed by atoms with Crippen molar-refractivity contribution < 1.29 is 19.3 Å². The van der Waals surface area contributed by atoms with Crippen molar-refractivity contribution in [3.8, 4) is 0 Å². The summed E-state index contributed by atoms with van der Waals surface area (Å²) < 4.78 is 4.98. The van der Waals surface area contributed by atoms with E-state index in [0.717, 1.165) is 5.56 Å². The number of aryl methyl sites for hydroxylation is 2. The number of nitrogens with zero attached hydrogens (tertiary/aromatic N) is 1. The highest BCUT2D eigenvalue weighted by atomic mass is 16.5. The number of benzene rings is 1. The Balaban J connectivity index is 2.17. The Morgan fingerprint density at radius 1 is 1.27 bits per heavy atom. The first kappa shape index (κ1) is 15.7. The molecule has 0 radical (unpaired) electrons. The molecule has 0 aliphatic carbocycles. The third-order valence-corrected chi connectivity index (χ3v) is 3.36. The van der Waals surface area contributed by atoms with Crippen LogP contribution in [0.5, 0.6) is 0 Å². The van der Waals surface area contributed by atoms with Gasteiger partial charge in [0.05, 0.1) is 11.7 Å². The summed E-state index contributed by atoms with van der Waals surface area (Å²) in [6, 6.07) is 6.31. The number of hydroxylamine groups is 1. The average Bonchev–Trinajstić information content (AvgIpc) is 2.85. The Bertz CT molecular complexity index is 689. The summed E-state index contributed by atoms with van der Waals surface area (Å²) >= 11 is 0. The molecule has 0 bridgehead atoms. The van der Waals surface area contributed by atoms with Crippen LogP contribution in [0.3, 0.4) is 0 Å². The SMILES string of the molecule is Cc1noc(C)c1C(=O)NC(C)c1cccc(C(=O)NO)c1. The second-order valence-corrected chi connectivity index (χ2v) is 4.96. The molecule has 1 aromatic heterocycles. The first-order valence-corrected chi connectivity index (χ1v) is 6.72. The number of amides is 2. The van der Waals surface area contributed by atoms with E-state index < -0.39 is 5.91 Å². The number of hydrogen-bond donors (Lipinski definition) is 3. The molecular weight excluding hydrogens is 286 g/mol. The van der Waals surface area contributed by atoms with Crippen LogP contribution in [0.4, 0.5) is 0 Å². The van der Waals surface area contributed by atoms with E-state index >= 15 is 0 Å². The molecule has 0 fully saturated rings. The van der Waals surface area contributed by atoms with Crippen molar-refractivity contribution in [2.75, 3.05) is 0 Å². The Hall–Kier alpha value is -2.67. The van der Waals surface area contributed by atoms with Gasteiger partial charge in [-0.25, -0.2) is 5.48 Å². The Kier molecular flexibility index (Phi) is 4.57. The lowest BCUT2D eigenvalue weighted by Gasteiger charge is -2.15. The molecule has 22 heavy (non-hydrogen) atoms. The molecule has 0 spiro atoms. The molecule has 1 atom stereocenters. The number of rotatable bonds is 4. The molecule has 0 aliphatic heterocycles. The second-order valence-electron chi connectivity index (χ2n) is 4.96. The Morgan fingerprint density at radius 2 is 2.00 bits per heavy atom. The number of carbonyl (C=O) groups is 2. The highest BCUT2D eigenvalue weighted by Crippen LogP contribution is 2.17. The first-order valence-electron chi connectivity index (χ1n) is 6.72. The van der Waals surface area contributed by atoms with Gasteiger partial charge in [0, 0.05) is 5.56 Å². The monoisotopic (exact) mass is 303 g/mol. The van der Waals surface area contributed by atoms with E-state index in [0.29, 0.717) is 22.6 Å². The van der Waals surface area contributed by atoms with E-state index in [1.807, 2.05) is 0 Å². The standard InChI is InChI=1S/C15H17N3O4/c1-8(11-5-4-6-12(7-11)14(19)17-21)16-15(20)13-9(2)18-22-10(13)3/h4-8,21H,1-3H3,(H,16,20)(H,17,19). The van der Waals surface area contributed by atoms with E-state index in [2.05, 4.69) is 10.5 Å². The number of aromatic nitrogens is 1. The van der Waals surface area contributed by atoms with Gasteiger partial charge < -0.3 is 9.84 Å². The number of nitrogens with one attached hydrogen (secondary N) is 2. The van der Waals surface area contributed by atoms with Gasteiger partial charge in [-0.05, 0) is 38.5 Å². The summed E-state index contributed by atoms with van der Waals surface area (Å²) in [4.78, 5) is 23.7. The average molecular weight is 303 g/mol. The fourth-order valence-corrected chi connectivity index (χ4v) is 2.17. The van der Waals surface area contributed by atoms with Gasteiger partial charge >= 0.3 is 0 Å². The van der Waals surface area contributed by atoms with E-state index in [4.69, 9.17) is 9.73 Å². The van der Waals surface area contributed by atoms with Crippen LogP contribution >= 0.6 is 0 Å². The second kappa shape index (κ2) is 6.40. The van der Waals surface area contributed by atoms with Gasteiger partial charge in [0.15, 0.2) is 0 Å². The summed E-state index contributed by atoms with van der Waals surface area (Å²) in [5.74, 6) is -0.442. The largest absolute Gasteiger partial charge is 0.361 e. The maximum Gasteiger partial charge on any atom is 0.274 e. The molecule has 1 unspecified atom stereocenters. The number of carbonyl (C=O) groups excluding carboxylic acids is 2. The fourth-order valence-electron chi connectivity index (χ4n) is 2.17. The quantitative estimate of drug-likeness (QED) is 0.591. The Morgan fingerprint density at radius 3 is 2.59 bits per heavy atom. The molecule has 2 aromatic rings. The van der Waals surface area contributed by atoms with Gasteiger partial charge in [-0.3, -0.25) is 14.8 Å². The van der Waals surface area contributed by atoms with Crippen LogP contribution in [0.2, 0.25) is 0 Å². The van der Waals surface area contributed by atoms with E-state index in [1.165, 1.54) is 0 Å². The van der Waals surface area contributed by atoms with Gasteiger partial charge in [-0.15, -0.1) is 0 Å². The van der Waals surface area contributed by atoms with Crippen molar-refractivity contribution in [3.05, 3.63) is 52.4 Å². The highest BCUT2D eigenvalue weighted by molar-refractivity contribution is 5.96. The summed E-state index contributed by atoms with van der Waals surface area (Å²) in [5.41, 5.74) is 3.56. The first-order chi connectivity index (χ1) is 10.4. The minimum atomic E-state index is -0.605. The topological polar surface area (TPSA) is 104 Å². The molecule has 0 saturated carbocycles. The molecule has 1 aromatic carbocycles. The molecular formula is C15H17N3O4. The molecule has 2 amide bonds. The van der Waals surface area contributed by atoms with Crippen LogP contribution in [0.1, 0.15) is 50.7 Å². The van der Waals surface area contributed by atoms with E-state index in [1.54, 1.807) is 50.5 Å².